The zero-order valence-corrected chi connectivity index (χ0v) is 6.53. The van der Waals surface area contributed by atoms with Crippen molar-refractivity contribution in [2.45, 2.75) is 20.3 Å². The highest BCUT2D eigenvalue weighted by Crippen LogP contribution is 1.69. The number of carbonyl (C=O) groups is 2. The summed E-state index contributed by atoms with van der Waals surface area (Å²) in [6, 6.07) is 0. The minimum absolute atomic E-state index is 0.222. The van der Waals surface area contributed by atoms with Crippen LogP contribution in [0.2, 0.25) is 0 Å². The Kier molecular flexibility index (Phi) is 9.87. The van der Waals surface area contributed by atoms with Gasteiger partial charge in [0.25, 0.3) is 0 Å². The van der Waals surface area contributed by atoms with Crippen LogP contribution in [0.4, 0.5) is 4.79 Å². The Bertz CT molecular complexity index is 120. The van der Waals surface area contributed by atoms with Gasteiger partial charge in [0.2, 0.25) is 0 Å². The van der Waals surface area contributed by atoms with Crippen LogP contribution in [0.15, 0.2) is 0 Å². The van der Waals surface area contributed by atoms with Crippen LogP contribution in [-0.2, 0) is 9.53 Å². The number of carboxylic acids is 1. The molecule has 0 aromatic carbocycles. The zero-order valence-electron chi connectivity index (χ0n) is 6.53. The van der Waals surface area contributed by atoms with Crippen LogP contribution in [0, 0.1) is 0 Å². The van der Waals surface area contributed by atoms with Crippen molar-refractivity contribution in [1.29, 1.82) is 0 Å². The van der Waals surface area contributed by atoms with Crippen LogP contribution >= 0.6 is 0 Å². The van der Waals surface area contributed by atoms with E-state index < -0.39 is 12.1 Å². The van der Waals surface area contributed by atoms with E-state index in [0.717, 1.165) is 0 Å². The second-order valence-electron chi connectivity index (χ2n) is 1.45. The van der Waals surface area contributed by atoms with E-state index in [9.17, 15) is 9.59 Å². The summed E-state index contributed by atoms with van der Waals surface area (Å²) >= 11 is 0. The van der Waals surface area contributed by atoms with Crippen molar-refractivity contribution >= 4 is 12.1 Å². The molecule has 0 aliphatic carbocycles. The molecule has 66 valence electrons. The zero-order chi connectivity index (χ0) is 9.28. The summed E-state index contributed by atoms with van der Waals surface area (Å²) < 4.78 is 3.96. The molecule has 5 heteroatoms. The molecule has 0 aromatic rings. The fraction of sp³-hybridized carbons (Fsp3) is 0.667. The van der Waals surface area contributed by atoms with Crippen LogP contribution in [0.25, 0.3) is 0 Å². The average molecular weight is 164 g/mol. The molecule has 0 bridgehead atoms. The van der Waals surface area contributed by atoms with Crippen LogP contribution in [0.3, 0.4) is 0 Å². The molecule has 0 amide bonds. The van der Waals surface area contributed by atoms with Gasteiger partial charge in [-0.1, -0.05) is 6.92 Å². The summed E-state index contributed by atoms with van der Waals surface area (Å²) in [4.78, 5) is 18.7. The summed E-state index contributed by atoms with van der Waals surface area (Å²) in [5.74, 6) is -0.745. The van der Waals surface area contributed by atoms with E-state index >= 15 is 0 Å². The average Bonchev–Trinajstić information content (AvgIpc) is 1.89. The molecule has 5 nitrogen and oxygen atoms in total. The SMILES string of the molecule is CCC(=O)O.CCOC(=O)O. The molecule has 0 heterocycles. The molecule has 0 aliphatic rings. The Labute approximate surface area is 64.6 Å². The number of rotatable bonds is 2. The van der Waals surface area contributed by atoms with Crippen molar-refractivity contribution in [1.82, 2.24) is 0 Å². The van der Waals surface area contributed by atoms with Gasteiger partial charge in [-0.3, -0.25) is 4.79 Å². The first-order chi connectivity index (χ1) is 5.04. The lowest BCUT2D eigenvalue weighted by Crippen LogP contribution is -1.97. The molecule has 0 spiro atoms. The van der Waals surface area contributed by atoms with Gasteiger partial charge in [0.1, 0.15) is 0 Å². The molecule has 0 radical (unpaired) electrons. The first-order valence-electron chi connectivity index (χ1n) is 3.12. The van der Waals surface area contributed by atoms with Crippen LogP contribution in [0.5, 0.6) is 0 Å². The summed E-state index contributed by atoms with van der Waals surface area (Å²) in [6.45, 7) is 3.45. The van der Waals surface area contributed by atoms with E-state index in [0.29, 0.717) is 0 Å². The standard InChI is InChI=1S/C3H6O3.C3H6O2/c1-2-6-3(4)5;1-2-3(4)5/h2H2,1H3,(H,4,5);2H2,1H3,(H,4,5). The first kappa shape index (κ1) is 12.4. The third-order valence-corrected chi connectivity index (χ3v) is 0.570. The smallest absolute Gasteiger partial charge is 0.481 e. The molecule has 0 fully saturated rings. The maximum atomic E-state index is 9.38. The van der Waals surface area contributed by atoms with Crippen molar-refractivity contribution in [3.05, 3.63) is 0 Å². The van der Waals surface area contributed by atoms with Crippen molar-refractivity contribution in [3.8, 4) is 0 Å². The summed E-state index contributed by atoms with van der Waals surface area (Å²) in [5.41, 5.74) is 0. The second-order valence-corrected chi connectivity index (χ2v) is 1.45. The maximum absolute atomic E-state index is 9.38. The fourth-order valence-electron chi connectivity index (χ4n) is 0.123. The predicted octanol–water partition coefficient (Wildman–Crippen LogP) is 1.18. The molecule has 2 N–H and O–H groups in total. The molecule has 0 aliphatic heterocycles. The minimum Gasteiger partial charge on any atom is -0.481 e. The Balaban J connectivity index is 0. The molecular weight excluding hydrogens is 152 g/mol. The van der Waals surface area contributed by atoms with Gasteiger partial charge in [0.15, 0.2) is 0 Å². The molecule has 0 saturated heterocycles. The lowest BCUT2D eigenvalue weighted by atomic mass is 10.5. The highest BCUT2D eigenvalue weighted by molar-refractivity contribution is 5.66. The first-order valence-corrected chi connectivity index (χ1v) is 3.12. The molecule has 0 atom stereocenters. The topological polar surface area (TPSA) is 83.8 Å². The van der Waals surface area contributed by atoms with Gasteiger partial charge in [-0.05, 0) is 6.92 Å². The third-order valence-electron chi connectivity index (χ3n) is 0.570. The van der Waals surface area contributed by atoms with Gasteiger partial charge < -0.3 is 14.9 Å². The molecular formula is C6H12O5. The van der Waals surface area contributed by atoms with E-state index in [4.69, 9.17) is 10.2 Å². The van der Waals surface area contributed by atoms with Gasteiger partial charge in [0.05, 0.1) is 6.61 Å². The number of hydrogen-bond acceptors (Lipinski definition) is 3. The normalized spacial score (nSPS) is 7.45. The molecule has 0 rings (SSSR count). The minimum atomic E-state index is -1.21. The van der Waals surface area contributed by atoms with E-state index in [1.807, 2.05) is 0 Å². The van der Waals surface area contributed by atoms with Gasteiger partial charge in [-0.2, -0.15) is 0 Å². The molecule has 11 heavy (non-hydrogen) atoms. The van der Waals surface area contributed by atoms with Gasteiger partial charge in [-0.25, -0.2) is 4.79 Å². The van der Waals surface area contributed by atoms with Gasteiger partial charge >= 0.3 is 12.1 Å². The van der Waals surface area contributed by atoms with Crippen molar-refractivity contribution in [2.75, 3.05) is 6.61 Å². The quantitative estimate of drug-likeness (QED) is 0.598. The number of ether oxygens (including phenoxy) is 1. The summed E-state index contributed by atoms with van der Waals surface area (Å²) in [5, 5.41) is 15.4. The summed E-state index contributed by atoms with van der Waals surface area (Å²) in [7, 11) is 0. The fourth-order valence-corrected chi connectivity index (χ4v) is 0.123. The van der Waals surface area contributed by atoms with E-state index in [1.165, 1.54) is 0 Å². The Morgan fingerprint density at radius 2 is 1.64 bits per heavy atom. The molecule has 0 unspecified atom stereocenters. The largest absolute Gasteiger partial charge is 0.505 e. The van der Waals surface area contributed by atoms with Gasteiger partial charge in [-0.15, -0.1) is 0 Å². The van der Waals surface area contributed by atoms with E-state index in [1.54, 1.807) is 13.8 Å². The lowest BCUT2D eigenvalue weighted by Gasteiger charge is -1.87. The van der Waals surface area contributed by atoms with Crippen LogP contribution in [-0.4, -0.2) is 28.9 Å². The number of carboxylic acid groups (broad SMARTS) is 2. The van der Waals surface area contributed by atoms with Crippen molar-refractivity contribution < 1.29 is 24.5 Å². The molecule has 0 saturated carbocycles. The monoisotopic (exact) mass is 164 g/mol. The maximum Gasteiger partial charge on any atom is 0.505 e. The van der Waals surface area contributed by atoms with E-state index in [2.05, 4.69) is 4.74 Å². The predicted molar refractivity (Wildman–Crippen MR) is 37.6 cm³/mol. The molecule has 0 aromatic heterocycles. The summed E-state index contributed by atoms with van der Waals surface area (Å²) in [6.07, 6.45) is -0.988. The Morgan fingerprint density at radius 3 is 1.64 bits per heavy atom. The number of hydrogen-bond donors (Lipinski definition) is 2. The van der Waals surface area contributed by atoms with Gasteiger partial charge in [0, 0.05) is 6.42 Å². The Hall–Kier alpha value is -1.26. The highest BCUT2D eigenvalue weighted by Gasteiger charge is 1.86. The second kappa shape index (κ2) is 8.74. The lowest BCUT2D eigenvalue weighted by molar-refractivity contribution is -0.136. The van der Waals surface area contributed by atoms with Crippen LogP contribution in [0.1, 0.15) is 20.3 Å². The Morgan fingerprint density at radius 1 is 1.27 bits per heavy atom. The number of aliphatic carboxylic acids is 1. The van der Waals surface area contributed by atoms with Crippen molar-refractivity contribution in [2.24, 2.45) is 0 Å². The highest BCUT2D eigenvalue weighted by atomic mass is 16.7. The van der Waals surface area contributed by atoms with Crippen LogP contribution < -0.4 is 0 Å². The third kappa shape index (κ3) is 28.4. The van der Waals surface area contributed by atoms with E-state index in [-0.39, 0.29) is 13.0 Å². The van der Waals surface area contributed by atoms with Crippen molar-refractivity contribution in [3.63, 3.8) is 0 Å².